The predicted molar refractivity (Wildman–Crippen MR) is 90.0 cm³/mol. The van der Waals surface area contributed by atoms with E-state index >= 15 is 0 Å². The second-order valence-electron chi connectivity index (χ2n) is 4.10. The lowest BCUT2D eigenvalue weighted by Crippen LogP contribution is -2.22. The number of hydrogen-bond acceptors (Lipinski definition) is 2. The van der Waals surface area contributed by atoms with Crippen molar-refractivity contribution in [1.82, 2.24) is 0 Å². The fraction of sp³-hybridized carbons (Fsp3) is 0.0714. The van der Waals surface area contributed by atoms with Crippen LogP contribution in [0.25, 0.3) is 0 Å². The molecule has 0 aliphatic carbocycles. The molecule has 110 valence electrons. The van der Waals surface area contributed by atoms with Gasteiger partial charge in [-0.05, 0) is 24.3 Å². The Bertz CT molecular complexity index is 636. The Morgan fingerprint density at radius 1 is 0.810 bits per heavy atom. The van der Waals surface area contributed by atoms with E-state index in [1.54, 1.807) is 36.4 Å². The number of amides is 1. The van der Waals surface area contributed by atoms with Crippen LogP contribution in [-0.4, -0.2) is 12.5 Å². The summed E-state index contributed by atoms with van der Waals surface area (Å²) in [5, 5.41) is 7.12. The summed E-state index contributed by atoms with van der Waals surface area (Å²) < 4.78 is 0. The van der Waals surface area contributed by atoms with E-state index in [1.165, 1.54) is 0 Å². The molecule has 2 aromatic rings. The molecule has 0 radical (unpaired) electrons. The highest BCUT2D eigenvalue weighted by atomic mass is 35.5. The van der Waals surface area contributed by atoms with E-state index in [9.17, 15) is 4.79 Å². The molecule has 0 aromatic heterocycles. The second kappa shape index (κ2) is 7.23. The highest BCUT2D eigenvalue weighted by Crippen LogP contribution is 2.31. The molecule has 0 atom stereocenters. The largest absolute Gasteiger partial charge is 0.374 e. The van der Waals surface area contributed by atoms with Crippen LogP contribution in [0, 0.1) is 0 Å². The van der Waals surface area contributed by atoms with Gasteiger partial charge in [0.05, 0.1) is 38.0 Å². The maximum Gasteiger partial charge on any atom is 0.243 e. The number of carbonyl (C=O) groups excluding carboxylic acids is 1. The molecule has 0 saturated heterocycles. The highest BCUT2D eigenvalue weighted by molar-refractivity contribution is 6.40. The van der Waals surface area contributed by atoms with Gasteiger partial charge in [0.2, 0.25) is 5.91 Å². The van der Waals surface area contributed by atoms with Gasteiger partial charge in [-0.3, -0.25) is 4.79 Å². The fourth-order valence-electron chi connectivity index (χ4n) is 1.64. The predicted octanol–water partition coefficient (Wildman–Crippen LogP) is 5.35. The van der Waals surface area contributed by atoms with E-state index < -0.39 is 0 Å². The minimum atomic E-state index is -0.319. The molecule has 1 amide bonds. The van der Waals surface area contributed by atoms with E-state index in [1.807, 2.05) is 0 Å². The molecule has 7 heteroatoms. The first kappa shape index (κ1) is 16.2. The monoisotopic (exact) mass is 362 g/mol. The molecule has 0 spiro atoms. The summed E-state index contributed by atoms with van der Waals surface area (Å²) in [4.78, 5) is 11.9. The van der Waals surface area contributed by atoms with Gasteiger partial charge in [-0.25, -0.2) is 0 Å². The van der Waals surface area contributed by atoms with Gasteiger partial charge in [-0.1, -0.05) is 58.5 Å². The molecule has 2 aromatic carbocycles. The number of benzene rings is 2. The molecular weight excluding hydrogens is 354 g/mol. The van der Waals surface area contributed by atoms with Gasteiger partial charge < -0.3 is 10.6 Å². The number of rotatable bonds is 4. The smallest absolute Gasteiger partial charge is 0.243 e. The molecule has 0 heterocycles. The van der Waals surface area contributed by atoms with E-state index in [4.69, 9.17) is 46.4 Å². The Labute approximate surface area is 142 Å². The summed E-state index contributed by atoms with van der Waals surface area (Å²) in [6, 6.07) is 10.1. The van der Waals surface area contributed by atoms with Crippen LogP contribution in [0.1, 0.15) is 0 Å². The molecular formula is C14H10Cl4N2O. The third-order valence-corrected chi connectivity index (χ3v) is 3.88. The van der Waals surface area contributed by atoms with Crippen LogP contribution in [0.3, 0.4) is 0 Å². The number of para-hydroxylation sites is 2. The first-order valence-corrected chi connectivity index (χ1v) is 7.42. The zero-order valence-corrected chi connectivity index (χ0v) is 13.6. The summed E-state index contributed by atoms with van der Waals surface area (Å²) in [6.45, 7) is -0.0228. The zero-order chi connectivity index (χ0) is 15.4. The SMILES string of the molecule is O=C(CNc1c(Cl)cccc1Cl)Nc1c(Cl)cccc1Cl. The van der Waals surface area contributed by atoms with Crippen molar-refractivity contribution in [2.45, 2.75) is 0 Å². The average molecular weight is 364 g/mol. The van der Waals surface area contributed by atoms with Gasteiger partial charge >= 0.3 is 0 Å². The van der Waals surface area contributed by atoms with E-state index in [2.05, 4.69) is 10.6 Å². The lowest BCUT2D eigenvalue weighted by atomic mass is 10.3. The van der Waals surface area contributed by atoms with Gasteiger partial charge in [-0.15, -0.1) is 0 Å². The third-order valence-electron chi connectivity index (χ3n) is 2.62. The van der Waals surface area contributed by atoms with E-state index in [-0.39, 0.29) is 12.5 Å². The Morgan fingerprint density at radius 2 is 1.24 bits per heavy atom. The van der Waals surface area contributed by atoms with Gasteiger partial charge in [-0.2, -0.15) is 0 Å². The molecule has 2 rings (SSSR count). The third kappa shape index (κ3) is 4.17. The number of carbonyl (C=O) groups is 1. The molecule has 0 aliphatic rings. The lowest BCUT2D eigenvalue weighted by Gasteiger charge is -2.12. The minimum absolute atomic E-state index is 0.0228. The molecule has 0 unspecified atom stereocenters. The van der Waals surface area contributed by atoms with Crippen molar-refractivity contribution in [3.8, 4) is 0 Å². The fourth-order valence-corrected chi connectivity index (χ4v) is 2.66. The zero-order valence-electron chi connectivity index (χ0n) is 10.6. The van der Waals surface area contributed by atoms with Gasteiger partial charge in [0.1, 0.15) is 0 Å². The van der Waals surface area contributed by atoms with Gasteiger partial charge in [0.25, 0.3) is 0 Å². The van der Waals surface area contributed by atoms with Crippen molar-refractivity contribution in [3.05, 3.63) is 56.5 Å². The first-order chi connectivity index (χ1) is 9.99. The van der Waals surface area contributed by atoms with Crippen molar-refractivity contribution < 1.29 is 4.79 Å². The molecule has 0 saturated carbocycles. The summed E-state index contributed by atoms with van der Waals surface area (Å²) in [5.74, 6) is -0.319. The Morgan fingerprint density at radius 3 is 1.71 bits per heavy atom. The summed E-state index contributed by atoms with van der Waals surface area (Å²) in [7, 11) is 0. The first-order valence-electron chi connectivity index (χ1n) is 5.91. The van der Waals surface area contributed by atoms with Crippen molar-refractivity contribution in [2.75, 3.05) is 17.2 Å². The summed E-state index contributed by atoms with van der Waals surface area (Å²) in [6.07, 6.45) is 0. The van der Waals surface area contributed by atoms with E-state index in [0.29, 0.717) is 31.5 Å². The van der Waals surface area contributed by atoms with Crippen LogP contribution in [0.4, 0.5) is 11.4 Å². The van der Waals surface area contributed by atoms with Crippen LogP contribution >= 0.6 is 46.4 Å². The van der Waals surface area contributed by atoms with Crippen LogP contribution in [0.15, 0.2) is 36.4 Å². The van der Waals surface area contributed by atoms with Crippen molar-refractivity contribution >= 4 is 63.7 Å². The van der Waals surface area contributed by atoms with Crippen molar-refractivity contribution in [3.63, 3.8) is 0 Å². The van der Waals surface area contributed by atoms with Crippen molar-refractivity contribution in [2.24, 2.45) is 0 Å². The molecule has 0 aliphatic heterocycles. The van der Waals surface area contributed by atoms with Crippen LogP contribution in [-0.2, 0) is 4.79 Å². The standard InChI is InChI=1S/C14H10Cl4N2O/c15-8-3-1-4-9(16)13(8)19-7-12(21)20-14-10(17)5-2-6-11(14)18/h1-6,19H,7H2,(H,20,21). The molecule has 0 fully saturated rings. The maximum atomic E-state index is 11.9. The number of hydrogen-bond donors (Lipinski definition) is 2. The quantitative estimate of drug-likeness (QED) is 0.768. The van der Waals surface area contributed by atoms with Crippen LogP contribution in [0.2, 0.25) is 20.1 Å². The van der Waals surface area contributed by atoms with E-state index in [0.717, 1.165) is 0 Å². The van der Waals surface area contributed by atoms with Crippen LogP contribution in [0.5, 0.6) is 0 Å². The van der Waals surface area contributed by atoms with Crippen molar-refractivity contribution in [1.29, 1.82) is 0 Å². The number of nitrogens with one attached hydrogen (secondary N) is 2. The Kier molecular flexibility index (Phi) is 5.59. The average Bonchev–Trinajstić information content (AvgIpc) is 2.42. The summed E-state index contributed by atoms with van der Waals surface area (Å²) in [5.41, 5.74) is 0.874. The second-order valence-corrected chi connectivity index (χ2v) is 5.72. The molecule has 3 nitrogen and oxygen atoms in total. The van der Waals surface area contributed by atoms with Gasteiger partial charge in [0, 0.05) is 0 Å². The van der Waals surface area contributed by atoms with Gasteiger partial charge in [0.15, 0.2) is 0 Å². The normalized spacial score (nSPS) is 10.3. The molecule has 21 heavy (non-hydrogen) atoms. The Hall–Kier alpha value is -1.13. The number of anilines is 2. The van der Waals surface area contributed by atoms with Crippen LogP contribution < -0.4 is 10.6 Å². The summed E-state index contributed by atoms with van der Waals surface area (Å²) >= 11 is 24.0. The number of halogens is 4. The minimum Gasteiger partial charge on any atom is -0.374 e. The Balaban J connectivity index is 2.03. The maximum absolute atomic E-state index is 11.9. The lowest BCUT2D eigenvalue weighted by molar-refractivity contribution is -0.114. The molecule has 0 bridgehead atoms. The highest BCUT2D eigenvalue weighted by Gasteiger charge is 2.11. The topological polar surface area (TPSA) is 41.1 Å². The molecule has 2 N–H and O–H groups in total.